The highest BCUT2D eigenvalue weighted by Crippen LogP contribution is 2.36. The van der Waals surface area contributed by atoms with Gasteiger partial charge in [-0.25, -0.2) is 4.98 Å². The highest BCUT2D eigenvalue weighted by atomic mass is 32.1. The predicted octanol–water partition coefficient (Wildman–Crippen LogP) is 4.82. The van der Waals surface area contributed by atoms with Crippen LogP contribution in [0.15, 0.2) is 11.0 Å². The second kappa shape index (κ2) is 11.3. The lowest BCUT2D eigenvalue weighted by Crippen LogP contribution is -2.39. The minimum absolute atomic E-state index is 0.0116. The molecule has 0 amide bonds. The molecule has 2 fully saturated rings. The summed E-state index contributed by atoms with van der Waals surface area (Å²) in [6.45, 7) is 9.44. The topological polar surface area (TPSA) is 98.2 Å². The number of esters is 1. The molecule has 2 aliphatic rings. The molecule has 6 atom stereocenters. The average molecular weight is 494 g/mol. The van der Waals surface area contributed by atoms with Crippen LogP contribution in [0.5, 0.6) is 5.19 Å². The smallest absolute Gasteiger partial charge is 0.306 e. The summed E-state index contributed by atoms with van der Waals surface area (Å²) in [6, 6.07) is 0. The summed E-state index contributed by atoms with van der Waals surface area (Å²) >= 11 is 1.41. The average Bonchev–Trinajstić information content (AvgIpc) is 3.37. The Morgan fingerprint density at radius 2 is 2.00 bits per heavy atom. The minimum atomic E-state index is -0.724. The van der Waals surface area contributed by atoms with E-state index in [9.17, 15) is 14.7 Å². The van der Waals surface area contributed by atoms with Gasteiger partial charge < -0.3 is 19.3 Å². The van der Waals surface area contributed by atoms with E-state index in [0.717, 1.165) is 30.5 Å². The fourth-order valence-corrected chi connectivity index (χ4v) is 5.36. The Labute approximate surface area is 206 Å². The van der Waals surface area contributed by atoms with E-state index in [1.165, 1.54) is 11.3 Å². The van der Waals surface area contributed by atoms with Crippen LogP contribution in [0.2, 0.25) is 0 Å². The van der Waals surface area contributed by atoms with E-state index < -0.39 is 23.5 Å². The van der Waals surface area contributed by atoms with Gasteiger partial charge in [0.1, 0.15) is 11.9 Å². The summed E-state index contributed by atoms with van der Waals surface area (Å²) in [5, 5.41) is 13.2. The second-order valence-corrected chi connectivity index (χ2v) is 11.3. The number of ether oxygens (including phenoxy) is 3. The van der Waals surface area contributed by atoms with Crippen LogP contribution in [0.3, 0.4) is 0 Å². The monoisotopic (exact) mass is 493 g/mol. The lowest BCUT2D eigenvalue weighted by atomic mass is 9.74. The summed E-state index contributed by atoms with van der Waals surface area (Å²) in [4.78, 5) is 30.3. The van der Waals surface area contributed by atoms with Crippen LogP contribution < -0.4 is 4.74 Å². The maximum absolute atomic E-state index is 13.1. The molecule has 3 rings (SSSR count). The third-order valence-electron chi connectivity index (χ3n) is 7.24. The van der Waals surface area contributed by atoms with Gasteiger partial charge in [0.25, 0.3) is 5.19 Å². The first-order chi connectivity index (χ1) is 16.0. The Balaban J connectivity index is 1.77. The molecular weight excluding hydrogens is 454 g/mol. The summed E-state index contributed by atoms with van der Waals surface area (Å²) < 4.78 is 17.0. The third-order valence-corrected chi connectivity index (χ3v) is 8.06. The molecule has 0 spiro atoms. The molecule has 1 aromatic heterocycles. The number of rotatable bonds is 3. The Bertz CT molecular complexity index is 894. The molecule has 7 nitrogen and oxygen atoms in total. The van der Waals surface area contributed by atoms with Gasteiger partial charge in [0.05, 0.1) is 31.1 Å². The zero-order valence-electron chi connectivity index (χ0n) is 21.2. The van der Waals surface area contributed by atoms with E-state index in [0.29, 0.717) is 18.0 Å². The first kappa shape index (κ1) is 26.8. The maximum atomic E-state index is 13.1. The number of cyclic esters (lactones) is 1. The maximum Gasteiger partial charge on any atom is 0.306 e. The number of methoxy groups -OCH3 is 1. The standard InChI is InChI=1S/C26H39NO6S/c1-15-8-7-9-19-21(32-19)13-20(16(2)12-18-14-34-25(27-18)31-6)33-22(28)10-11-26(4,5)24(30)17(3)23(15)29/h12,14-15,17,19-21,23,29H,7-11,13H2,1-6H3/b16-12+/t15-,17+,19?,20?,21?,23?/m0/s1. The molecule has 0 bridgehead atoms. The number of hydrogen-bond acceptors (Lipinski definition) is 8. The number of aliphatic hydroxyl groups is 1. The number of nitrogens with zero attached hydrogens (tertiary/aromatic N) is 1. The summed E-state index contributed by atoms with van der Waals surface area (Å²) in [7, 11) is 1.59. The largest absolute Gasteiger partial charge is 0.473 e. The van der Waals surface area contributed by atoms with Crippen LogP contribution in [-0.4, -0.2) is 53.4 Å². The van der Waals surface area contributed by atoms with Gasteiger partial charge in [-0.05, 0) is 43.8 Å². The molecule has 2 saturated heterocycles. The lowest BCUT2D eigenvalue weighted by Gasteiger charge is -2.31. The molecule has 2 aliphatic heterocycles. The fraction of sp³-hybridized carbons (Fsp3) is 0.731. The van der Waals surface area contributed by atoms with Crippen molar-refractivity contribution in [1.29, 1.82) is 0 Å². The number of epoxide rings is 1. The number of fused-ring (bicyclic) bond motifs is 1. The molecule has 8 heteroatoms. The molecule has 0 saturated carbocycles. The highest BCUT2D eigenvalue weighted by Gasteiger charge is 2.42. The lowest BCUT2D eigenvalue weighted by molar-refractivity contribution is -0.149. The quantitative estimate of drug-likeness (QED) is 0.476. The van der Waals surface area contributed by atoms with Gasteiger partial charge in [-0.2, -0.15) is 0 Å². The van der Waals surface area contributed by atoms with Crippen molar-refractivity contribution in [2.24, 2.45) is 17.3 Å². The van der Waals surface area contributed by atoms with Gasteiger partial charge >= 0.3 is 5.97 Å². The zero-order chi connectivity index (χ0) is 25.0. The van der Waals surface area contributed by atoms with Crippen molar-refractivity contribution in [2.45, 2.75) is 97.6 Å². The van der Waals surface area contributed by atoms with Crippen molar-refractivity contribution in [3.8, 4) is 5.19 Å². The van der Waals surface area contributed by atoms with Crippen molar-refractivity contribution in [1.82, 2.24) is 4.98 Å². The highest BCUT2D eigenvalue weighted by molar-refractivity contribution is 7.11. The number of aromatic nitrogens is 1. The van der Waals surface area contributed by atoms with E-state index in [1.54, 1.807) is 14.0 Å². The van der Waals surface area contributed by atoms with Gasteiger partial charge in [-0.15, -0.1) is 0 Å². The van der Waals surface area contributed by atoms with Crippen molar-refractivity contribution in [2.75, 3.05) is 7.11 Å². The van der Waals surface area contributed by atoms with Crippen molar-refractivity contribution in [3.63, 3.8) is 0 Å². The first-order valence-electron chi connectivity index (χ1n) is 12.3. The van der Waals surface area contributed by atoms with Crippen LogP contribution in [0.1, 0.15) is 78.8 Å². The van der Waals surface area contributed by atoms with Crippen molar-refractivity contribution < 1.29 is 28.9 Å². The number of hydrogen-bond donors (Lipinski definition) is 1. The molecule has 1 aromatic rings. The molecule has 1 N–H and O–H groups in total. The Hall–Kier alpha value is -1.77. The molecule has 0 radical (unpaired) electrons. The van der Waals surface area contributed by atoms with Crippen LogP contribution in [0.4, 0.5) is 0 Å². The van der Waals surface area contributed by atoms with Crippen LogP contribution >= 0.6 is 11.3 Å². The van der Waals surface area contributed by atoms with Gasteiger partial charge in [0.15, 0.2) is 0 Å². The predicted molar refractivity (Wildman–Crippen MR) is 132 cm³/mol. The van der Waals surface area contributed by atoms with Crippen LogP contribution in [0.25, 0.3) is 6.08 Å². The molecule has 0 aromatic carbocycles. The summed E-state index contributed by atoms with van der Waals surface area (Å²) in [5.74, 6) is -0.799. The first-order valence-corrected chi connectivity index (χ1v) is 13.1. The normalized spacial score (nSPS) is 33.7. The number of carbonyl (C=O) groups is 2. The van der Waals surface area contributed by atoms with Gasteiger partial charge in [-0.1, -0.05) is 45.5 Å². The van der Waals surface area contributed by atoms with E-state index in [2.05, 4.69) is 4.98 Å². The number of thiazole rings is 1. The zero-order valence-corrected chi connectivity index (χ0v) is 22.0. The van der Waals surface area contributed by atoms with Crippen molar-refractivity contribution in [3.05, 3.63) is 16.6 Å². The number of ketones is 1. The Morgan fingerprint density at radius 3 is 2.68 bits per heavy atom. The third kappa shape index (κ3) is 6.89. The Morgan fingerprint density at radius 1 is 1.26 bits per heavy atom. The van der Waals surface area contributed by atoms with Crippen LogP contribution in [-0.2, 0) is 19.1 Å². The van der Waals surface area contributed by atoms with Gasteiger partial charge in [-0.3, -0.25) is 9.59 Å². The molecule has 34 heavy (non-hydrogen) atoms. The Kier molecular flexibility index (Phi) is 8.93. The number of aliphatic hydroxyl groups excluding tert-OH is 1. The molecule has 4 unspecified atom stereocenters. The molecule has 190 valence electrons. The number of carbonyl (C=O) groups excluding carboxylic acids is 2. The SMILES string of the molecule is COc1nc(/C=C(\C)C2CC3OC3CCC[C@H](C)C(O)[C@@H](C)C(=O)C(C)(C)CCC(=O)O2)cs1. The molecule has 0 aliphatic carbocycles. The number of Topliss-reactive ketones (excluding diaryl/α,β-unsaturated/α-hetero) is 1. The van der Waals surface area contributed by atoms with E-state index in [4.69, 9.17) is 14.2 Å². The van der Waals surface area contributed by atoms with E-state index in [1.807, 2.05) is 39.2 Å². The van der Waals surface area contributed by atoms with Crippen molar-refractivity contribution >= 4 is 29.2 Å². The molecular formula is C26H39NO6S. The second-order valence-electron chi connectivity index (χ2n) is 10.5. The van der Waals surface area contributed by atoms with Gasteiger partial charge in [0, 0.05) is 29.6 Å². The van der Waals surface area contributed by atoms with E-state index in [-0.39, 0.29) is 36.3 Å². The van der Waals surface area contributed by atoms with E-state index >= 15 is 0 Å². The van der Waals surface area contributed by atoms with Crippen LogP contribution in [0, 0.1) is 17.3 Å². The summed E-state index contributed by atoms with van der Waals surface area (Å²) in [5.41, 5.74) is 0.944. The minimum Gasteiger partial charge on any atom is -0.473 e. The van der Waals surface area contributed by atoms with Gasteiger partial charge in [0.2, 0.25) is 0 Å². The molecule has 3 heterocycles. The summed E-state index contributed by atoms with van der Waals surface area (Å²) in [6.07, 6.45) is 4.77. The fourth-order valence-electron chi connectivity index (χ4n) is 4.76.